The zero-order chi connectivity index (χ0) is 13.0. The normalized spacial score (nSPS) is 23.2. The van der Waals surface area contributed by atoms with Crippen LogP contribution < -0.4 is 0 Å². The van der Waals surface area contributed by atoms with Crippen molar-refractivity contribution < 1.29 is 5.11 Å². The van der Waals surface area contributed by atoms with E-state index in [4.69, 9.17) is 0 Å². The summed E-state index contributed by atoms with van der Waals surface area (Å²) in [4.78, 5) is 6.96. The lowest BCUT2D eigenvalue weighted by atomic mass is 9.98. The van der Waals surface area contributed by atoms with Gasteiger partial charge in [0.1, 0.15) is 0 Å². The van der Waals surface area contributed by atoms with Crippen LogP contribution in [0.3, 0.4) is 0 Å². The predicted molar refractivity (Wildman–Crippen MR) is 76.1 cm³/mol. The van der Waals surface area contributed by atoms with E-state index in [-0.39, 0.29) is 6.10 Å². The number of hydrogen-bond acceptors (Lipinski definition) is 4. The molecule has 102 valence electrons. The lowest BCUT2D eigenvalue weighted by Crippen LogP contribution is -2.46. The molecular formula is C14H24N2OS. The van der Waals surface area contributed by atoms with Gasteiger partial charge < -0.3 is 5.11 Å². The molecule has 1 aromatic rings. The lowest BCUT2D eigenvalue weighted by Gasteiger charge is -2.37. The van der Waals surface area contributed by atoms with Crippen molar-refractivity contribution in [3.05, 3.63) is 16.1 Å². The van der Waals surface area contributed by atoms with Gasteiger partial charge in [0.25, 0.3) is 0 Å². The lowest BCUT2D eigenvalue weighted by molar-refractivity contribution is 0.0359. The van der Waals surface area contributed by atoms with Gasteiger partial charge in [0.05, 0.1) is 16.8 Å². The molecule has 0 aliphatic carbocycles. The van der Waals surface area contributed by atoms with Crippen molar-refractivity contribution in [1.29, 1.82) is 0 Å². The van der Waals surface area contributed by atoms with Gasteiger partial charge in [-0.1, -0.05) is 6.42 Å². The van der Waals surface area contributed by atoms with E-state index in [1.807, 2.05) is 6.92 Å². The van der Waals surface area contributed by atoms with E-state index in [9.17, 15) is 5.11 Å². The Kier molecular flexibility index (Phi) is 5.15. The number of aromatic nitrogens is 1. The van der Waals surface area contributed by atoms with Crippen LogP contribution in [0.1, 0.15) is 43.3 Å². The maximum absolute atomic E-state index is 9.81. The van der Waals surface area contributed by atoms with Gasteiger partial charge in [0, 0.05) is 11.4 Å². The van der Waals surface area contributed by atoms with E-state index >= 15 is 0 Å². The maximum atomic E-state index is 9.81. The monoisotopic (exact) mass is 268 g/mol. The van der Waals surface area contributed by atoms with Gasteiger partial charge in [0.2, 0.25) is 0 Å². The number of thiazole rings is 1. The van der Waals surface area contributed by atoms with E-state index in [1.54, 1.807) is 11.3 Å². The van der Waals surface area contributed by atoms with E-state index in [0.717, 1.165) is 37.4 Å². The minimum Gasteiger partial charge on any atom is -0.392 e. The summed E-state index contributed by atoms with van der Waals surface area (Å²) >= 11 is 1.73. The summed E-state index contributed by atoms with van der Waals surface area (Å²) in [5, 5.41) is 13.1. The number of piperidine rings is 1. The van der Waals surface area contributed by atoms with Gasteiger partial charge >= 0.3 is 0 Å². The highest BCUT2D eigenvalue weighted by atomic mass is 32.1. The third kappa shape index (κ3) is 3.77. The average molecular weight is 268 g/mol. The second kappa shape index (κ2) is 6.64. The van der Waals surface area contributed by atoms with Gasteiger partial charge in [-0.15, -0.1) is 11.3 Å². The Morgan fingerprint density at radius 1 is 1.56 bits per heavy atom. The minimum absolute atomic E-state index is 0.202. The summed E-state index contributed by atoms with van der Waals surface area (Å²) < 4.78 is 0. The number of hydrogen-bond donors (Lipinski definition) is 1. The summed E-state index contributed by atoms with van der Waals surface area (Å²) in [7, 11) is 0. The molecule has 1 aliphatic rings. The topological polar surface area (TPSA) is 36.4 Å². The summed E-state index contributed by atoms with van der Waals surface area (Å²) in [6.07, 6.45) is 5.69. The zero-order valence-corrected chi connectivity index (χ0v) is 12.2. The Morgan fingerprint density at radius 2 is 2.39 bits per heavy atom. The standard InChI is InChI=1S/C14H24N2OS/c1-11(17)14-7-3-4-8-16(14)9-5-6-13-10-18-12(2)15-13/h10-11,14,17H,3-9H2,1-2H3. The highest BCUT2D eigenvalue weighted by Crippen LogP contribution is 2.20. The molecule has 0 radical (unpaired) electrons. The Hall–Kier alpha value is -0.450. The maximum Gasteiger partial charge on any atom is 0.0897 e. The number of aliphatic hydroxyl groups excluding tert-OH is 1. The van der Waals surface area contributed by atoms with Crippen LogP contribution in [0.2, 0.25) is 0 Å². The Morgan fingerprint density at radius 3 is 3.06 bits per heavy atom. The zero-order valence-electron chi connectivity index (χ0n) is 11.4. The SMILES string of the molecule is Cc1nc(CCCN2CCCCC2C(C)O)cs1. The fourth-order valence-corrected chi connectivity index (χ4v) is 3.47. The number of rotatable bonds is 5. The predicted octanol–water partition coefficient (Wildman–Crippen LogP) is 2.62. The van der Waals surface area contributed by atoms with Gasteiger partial charge in [-0.2, -0.15) is 0 Å². The van der Waals surface area contributed by atoms with Gasteiger partial charge in [-0.25, -0.2) is 4.98 Å². The van der Waals surface area contributed by atoms with E-state index in [1.165, 1.54) is 18.5 Å². The molecule has 4 heteroatoms. The van der Waals surface area contributed by atoms with Crippen molar-refractivity contribution in [1.82, 2.24) is 9.88 Å². The molecule has 1 saturated heterocycles. The van der Waals surface area contributed by atoms with Crippen LogP contribution in [0.15, 0.2) is 5.38 Å². The number of likely N-dealkylation sites (tertiary alicyclic amines) is 1. The molecule has 0 spiro atoms. The molecule has 18 heavy (non-hydrogen) atoms. The van der Waals surface area contributed by atoms with Gasteiger partial charge in [-0.3, -0.25) is 4.90 Å². The third-order valence-electron chi connectivity index (χ3n) is 3.77. The Balaban J connectivity index is 1.77. The smallest absolute Gasteiger partial charge is 0.0897 e. The van der Waals surface area contributed by atoms with Crippen molar-refractivity contribution in [2.75, 3.05) is 13.1 Å². The second-order valence-corrected chi connectivity index (χ2v) is 6.36. The van der Waals surface area contributed by atoms with Gasteiger partial charge in [-0.05, 0) is 52.6 Å². The molecule has 1 fully saturated rings. The first kappa shape index (κ1) is 14.0. The van der Waals surface area contributed by atoms with E-state index < -0.39 is 0 Å². The summed E-state index contributed by atoms with van der Waals surface area (Å²) in [5.41, 5.74) is 1.23. The van der Waals surface area contributed by atoms with E-state index in [2.05, 4.69) is 22.2 Å². The quantitative estimate of drug-likeness (QED) is 0.892. The average Bonchev–Trinajstić information content (AvgIpc) is 2.75. The van der Waals surface area contributed by atoms with Crippen LogP contribution in [-0.4, -0.2) is 40.2 Å². The molecule has 2 atom stereocenters. The fourth-order valence-electron chi connectivity index (χ4n) is 2.83. The summed E-state index contributed by atoms with van der Waals surface area (Å²) in [5.74, 6) is 0. The molecule has 1 aliphatic heterocycles. The largest absolute Gasteiger partial charge is 0.392 e. The molecule has 2 unspecified atom stereocenters. The second-order valence-electron chi connectivity index (χ2n) is 5.30. The van der Waals surface area contributed by atoms with Crippen molar-refractivity contribution >= 4 is 11.3 Å². The molecule has 1 aromatic heterocycles. The van der Waals surface area contributed by atoms with Crippen molar-refractivity contribution in [3.63, 3.8) is 0 Å². The third-order valence-corrected chi connectivity index (χ3v) is 4.59. The first-order valence-corrected chi connectivity index (χ1v) is 7.88. The van der Waals surface area contributed by atoms with Crippen LogP contribution >= 0.6 is 11.3 Å². The number of aliphatic hydroxyl groups is 1. The van der Waals surface area contributed by atoms with Crippen LogP contribution in [0.25, 0.3) is 0 Å². The van der Waals surface area contributed by atoms with Crippen molar-refractivity contribution in [3.8, 4) is 0 Å². The molecule has 2 heterocycles. The van der Waals surface area contributed by atoms with Gasteiger partial charge in [0.15, 0.2) is 0 Å². The highest BCUT2D eigenvalue weighted by Gasteiger charge is 2.25. The van der Waals surface area contributed by atoms with Crippen molar-refractivity contribution in [2.45, 2.75) is 58.1 Å². The molecular weight excluding hydrogens is 244 g/mol. The summed E-state index contributed by atoms with van der Waals surface area (Å²) in [6.45, 7) is 6.22. The van der Waals surface area contributed by atoms with Crippen molar-refractivity contribution in [2.24, 2.45) is 0 Å². The number of nitrogens with zero attached hydrogens (tertiary/aromatic N) is 2. The molecule has 0 aromatic carbocycles. The Labute approximate surface area is 114 Å². The number of aryl methyl sites for hydroxylation is 2. The van der Waals surface area contributed by atoms with Crippen LogP contribution in [0.5, 0.6) is 0 Å². The van der Waals surface area contributed by atoms with Crippen LogP contribution in [0, 0.1) is 6.92 Å². The summed E-state index contributed by atoms with van der Waals surface area (Å²) in [6, 6.07) is 0.371. The molecule has 2 rings (SSSR count). The fraction of sp³-hybridized carbons (Fsp3) is 0.786. The first-order chi connectivity index (χ1) is 8.66. The molecule has 0 bridgehead atoms. The van der Waals surface area contributed by atoms with Crippen LogP contribution in [0.4, 0.5) is 0 Å². The first-order valence-electron chi connectivity index (χ1n) is 7.00. The Bertz CT molecular complexity index is 364. The molecule has 1 N–H and O–H groups in total. The van der Waals surface area contributed by atoms with Crippen LogP contribution in [-0.2, 0) is 6.42 Å². The highest BCUT2D eigenvalue weighted by molar-refractivity contribution is 7.09. The molecule has 0 amide bonds. The van der Waals surface area contributed by atoms with E-state index in [0.29, 0.717) is 6.04 Å². The molecule has 3 nitrogen and oxygen atoms in total. The molecule has 0 saturated carbocycles. The minimum atomic E-state index is -0.202.